The number of ketones is 1. The smallest absolute Gasteiger partial charge is 0.253 e. The van der Waals surface area contributed by atoms with Gasteiger partial charge in [-0.05, 0) is 26.0 Å². The summed E-state index contributed by atoms with van der Waals surface area (Å²) < 4.78 is 0. The summed E-state index contributed by atoms with van der Waals surface area (Å²) in [5.41, 5.74) is 2.39. The monoisotopic (exact) mass is 293 g/mol. The van der Waals surface area contributed by atoms with Crippen molar-refractivity contribution in [2.24, 2.45) is 0 Å². The maximum absolute atomic E-state index is 12.7. The average molecular weight is 293 g/mol. The Bertz CT molecular complexity index is 717. The first-order valence-corrected chi connectivity index (χ1v) is 7.16. The van der Waals surface area contributed by atoms with E-state index in [4.69, 9.17) is 0 Å². The molecule has 0 atom stereocenters. The van der Waals surface area contributed by atoms with Gasteiger partial charge in [-0.15, -0.1) is 0 Å². The van der Waals surface area contributed by atoms with Crippen LogP contribution in [0, 0.1) is 0 Å². The lowest BCUT2D eigenvalue weighted by molar-refractivity contribution is -0.114. The fourth-order valence-electron chi connectivity index (χ4n) is 2.20. The van der Waals surface area contributed by atoms with Gasteiger partial charge < -0.3 is 4.90 Å². The third kappa shape index (κ3) is 3.14. The first-order chi connectivity index (χ1) is 10.6. The van der Waals surface area contributed by atoms with Crippen LogP contribution < -0.4 is 4.90 Å². The molecule has 2 aromatic rings. The minimum atomic E-state index is -0.115. The first kappa shape index (κ1) is 15.7. The Kier molecular flexibility index (Phi) is 4.89. The van der Waals surface area contributed by atoms with Crippen molar-refractivity contribution in [1.82, 2.24) is 0 Å². The van der Waals surface area contributed by atoms with Crippen molar-refractivity contribution < 1.29 is 9.59 Å². The molecule has 0 aliphatic rings. The van der Waals surface area contributed by atoms with Gasteiger partial charge in [0.05, 0.1) is 5.69 Å². The standard InChI is InChI=1S/C19H19NO2/c1-4-14(2)19(22)20(3)17-13-9-8-12-16(17)18(21)15-10-6-5-7-11-15/h4-13H,1-3H3/b14-4-. The van der Waals surface area contributed by atoms with E-state index in [-0.39, 0.29) is 11.7 Å². The molecule has 3 heteroatoms. The van der Waals surface area contributed by atoms with Gasteiger partial charge in [0.15, 0.2) is 5.78 Å². The highest BCUT2D eigenvalue weighted by Gasteiger charge is 2.19. The van der Waals surface area contributed by atoms with Crippen molar-refractivity contribution in [2.75, 3.05) is 11.9 Å². The number of carbonyl (C=O) groups excluding carboxylic acids is 2. The minimum Gasteiger partial charge on any atom is -0.311 e. The van der Waals surface area contributed by atoms with E-state index in [2.05, 4.69) is 0 Å². The number of carbonyl (C=O) groups is 2. The Morgan fingerprint density at radius 2 is 1.55 bits per heavy atom. The number of para-hydroxylation sites is 1. The van der Waals surface area contributed by atoms with Gasteiger partial charge in [0.1, 0.15) is 0 Å². The van der Waals surface area contributed by atoms with Crippen molar-refractivity contribution in [1.29, 1.82) is 0 Å². The van der Waals surface area contributed by atoms with Crippen LogP contribution in [0.2, 0.25) is 0 Å². The summed E-state index contributed by atoms with van der Waals surface area (Å²) in [6.45, 7) is 3.59. The van der Waals surface area contributed by atoms with Crippen LogP contribution in [-0.2, 0) is 4.79 Å². The molecule has 112 valence electrons. The molecule has 0 N–H and O–H groups in total. The van der Waals surface area contributed by atoms with E-state index in [0.717, 1.165) is 0 Å². The highest BCUT2D eigenvalue weighted by Crippen LogP contribution is 2.23. The summed E-state index contributed by atoms with van der Waals surface area (Å²) in [6.07, 6.45) is 1.76. The molecule has 2 rings (SSSR count). The highest BCUT2D eigenvalue weighted by molar-refractivity contribution is 6.15. The summed E-state index contributed by atoms with van der Waals surface area (Å²) in [5.74, 6) is -0.204. The largest absolute Gasteiger partial charge is 0.311 e. The summed E-state index contributed by atoms with van der Waals surface area (Å²) >= 11 is 0. The van der Waals surface area contributed by atoms with Crippen molar-refractivity contribution >= 4 is 17.4 Å². The Labute approximate surface area is 130 Å². The lowest BCUT2D eigenvalue weighted by atomic mass is 10.0. The second kappa shape index (κ2) is 6.85. The first-order valence-electron chi connectivity index (χ1n) is 7.16. The summed E-state index contributed by atoms with van der Waals surface area (Å²) in [5, 5.41) is 0. The van der Waals surface area contributed by atoms with Crippen molar-refractivity contribution in [3.8, 4) is 0 Å². The van der Waals surface area contributed by atoms with E-state index in [9.17, 15) is 9.59 Å². The number of likely N-dealkylation sites (N-methyl/N-ethyl adjacent to an activating group) is 1. The van der Waals surface area contributed by atoms with E-state index >= 15 is 0 Å². The van der Waals surface area contributed by atoms with Gasteiger partial charge in [-0.2, -0.15) is 0 Å². The molecule has 1 amide bonds. The van der Waals surface area contributed by atoms with E-state index in [0.29, 0.717) is 22.4 Å². The number of rotatable bonds is 4. The van der Waals surface area contributed by atoms with Crippen LogP contribution in [0.1, 0.15) is 29.8 Å². The van der Waals surface area contributed by atoms with Crippen LogP contribution >= 0.6 is 0 Å². The number of hydrogen-bond acceptors (Lipinski definition) is 2. The molecule has 0 aromatic heterocycles. The number of allylic oxidation sites excluding steroid dienone is 1. The SMILES string of the molecule is C/C=C(/C)C(=O)N(C)c1ccccc1C(=O)c1ccccc1. The fraction of sp³-hybridized carbons (Fsp3) is 0.158. The Balaban J connectivity index is 2.43. The minimum absolute atomic E-state index is 0.0889. The van der Waals surface area contributed by atoms with Crippen LogP contribution in [0.3, 0.4) is 0 Å². The third-order valence-electron chi connectivity index (χ3n) is 3.62. The summed E-state index contributed by atoms with van der Waals surface area (Å²) in [6, 6.07) is 16.2. The van der Waals surface area contributed by atoms with Gasteiger partial charge >= 0.3 is 0 Å². The van der Waals surface area contributed by atoms with Crippen LogP contribution in [0.15, 0.2) is 66.2 Å². The van der Waals surface area contributed by atoms with E-state index in [1.54, 1.807) is 50.4 Å². The maximum Gasteiger partial charge on any atom is 0.253 e. The van der Waals surface area contributed by atoms with Gasteiger partial charge in [-0.3, -0.25) is 9.59 Å². The lowest BCUT2D eigenvalue weighted by Crippen LogP contribution is -2.28. The lowest BCUT2D eigenvalue weighted by Gasteiger charge is -2.20. The van der Waals surface area contributed by atoms with Gasteiger partial charge in [0.2, 0.25) is 0 Å². The maximum atomic E-state index is 12.7. The zero-order chi connectivity index (χ0) is 16.1. The topological polar surface area (TPSA) is 37.4 Å². The molecule has 3 nitrogen and oxygen atoms in total. The van der Waals surface area contributed by atoms with E-state index in [1.165, 1.54) is 4.90 Å². The van der Waals surface area contributed by atoms with Gasteiger partial charge in [0.25, 0.3) is 5.91 Å². The zero-order valence-electron chi connectivity index (χ0n) is 13.0. The van der Waals surface area contributed by atoms with Crippen LogP contribution in [0.25, 0.3) is 0 Å². The number of hydrogen-bond donors (Lipinski definition) is 0. The van der Waals surface area contributed by atoms with Crippen LogP contribution in [0.5, 0.6) is 0 Å². The van der Waals surface area contributed by atoms with Crippen molar-refractivity contribution in [3.63, 3.8) is 0 Å². The van der Waals surface area contributed by atoms with Gasteiger partial charge in [0, 0.05) is 23.7 Å². The molecular formula is C19H19NO2. The molecule has 0 saturated carbocycles. The second-order valence-electron chi connectivity index (χ2n) is 5.05. The van der Waals surface area contributed by atoms with Gasteiger partial charge in [-0.1, -0.05) is 48.5 Å². The predicted molar refractivity (Wildman–Crippen MR) is 89.2 cm³/mol. The average Bonchev–Trinajstić information content (AvgIpc) is 2.59. The molecule has 2 aromatic carbocycles. The van der Waals surface area contributed by atoms with E-state index < -0.39 is 0 Å². The highest BCUT2D eigenvalue weighted by atomic mass is 16.2. The fourth-order valence-corrected chi connectivity index (χ4v) is 2.20. The number of anilines is 1. The number of benzene rings is 2. The third-order valence-corrected chi connectivity index (χ3v) is 3.62. The molecule has 0 radical (unpaired) electrons. The summed E-state index contributed by atoms with van der Waals surface area (Å²) in [7, 11) is 1.69. The Morgan fingerprint density at radius 3 is 2.18 bits per heavy atom. The van der Waals surface area contributed by atoms with E-state index in [1.807, 2.05) is 31.2 Å². The molecule has 0 unspecified atom stereocenters. The van der Waals surface area contributed by atoms with Gasteiger partial charge in [-0.25, -0.2) is 0 Å². The molecule has 0 aliphatic heterocycles. The molecule has 0 heterocycles. The van der Waals surface area contributed by atoms with Crippen LogP contribution in [-0.4, -0.2) is 18.7 Å². The van der Waals surface area contributed by atoms with Crippen LogP contribution in [0.4, 0.5) is 5.69 Å². The summed E-state index contributed by atoms with van der Waals surface area (Å²) in [4.78, 5) is 26.5. The molecule has 0 fully saturated rings. The second-order valence-corrected chi connectivity index (χ2v) is 5.05. The normalized spacial score (nSPS) is 11.1. The number of nitrogens with zero attached hydrogens (tertiary/aromatic N) is 1. The zero-order valence-corrected chi connectivity index (χ0v) is 13.0. The van der Waals surface area contributed by atoms with Crippen molar-refractivity contribution in [3.05, 3.63) is 77.4 Å². The molecule has 22 heavy (non-hydrogen) atoms. The molecule has 0 aliphatic carbocycles. The quantitative estimate of drug-likeness (QED) is 0.634. The Morgan fingerprint density at radius 1 is 0.955 bits per heavy atom. The molecule has 0 saturated heterocycles. The van der Waals surface area contributed by atoms with Crippen molar-refractivity contribution in [2.45, 2.75) is 13.8 Å². The molecular weight excluding hydrogens is 274 g/mol. The molecule has 0 spiro atoms. The predicted octanol–water partition coefficient (Wildman–Crippen LogP) is 3.85. The number of amides is 1. The Hall–Kier alpha value is -2.68. The molecule has 0 bridgehead atoms.